The fourth-order valence-electron chi connectivity index (χ4n) is 3.30. The van der Waals surface area contributed by atoms with Crippen LogP contribution in [0.3, 0.4) is 0 Å². The van der Waals surface area contributed by atoms with E-state index in [0.29, 0.717) is 45.8 Å². The summed E-state index contributed by atoms with van der Waals surface area (Å²) in [6.45, 7) is 6.03. The van der Waals surface area contributed by atoms with Gasteiger partial charge in [0.05, 0.1) is 36.6 Å². The molecule has 0 spiro atoms. The smallest absolute Gasteiger partial charge is 0.260 e. The number of nitrogens with one attached hydrogen (secondary N) is 2. The molecule has 2 amide bonds. The number of hydrogen-bond acceptors (Lipinski definition) is 7. The third-order valence-corrected chi connectivity index (χ3v) is 5.66. The van der Waals surface area contributed by atoms with Crippen LogP contribution in [0.25, 0.3) is 11.0 Å². The Morgan fingerprint density at radius 3 is 2.88 bits per heavy atom. The number of anilines is 1. The summed E-state index contributed by atoms with van der Waals surface area (Å²) < 4.78 is 16.7. The summed E-state index contributed by atoms with van der Waals surface area (Å²) in [4.78, 5) is 29.1. The molecule has 0 aliphatic carbocycles. The van der Waals surface area contributed by atoms with Crippen molar-refractivity contribution in [3.63, 3.8) is 0 Å². The Kier molecular flexibility index (Phi) is 6.27. The number of amides is 2. The molecule has 4 aromatic rings. The standard InChI is InChI=1S/C23H23N3O5S/c1-4-29-18-7-5-6-15-10-19(31-21(15)18)13(2)24-20(27)11-16-12-32-23(25-16)26-22(28)17-8-9-30-14(17)3/h5-10,12-13H,4,11H2,1-3H3,(H,24,27)(H,25,26,28). The van der Waals surface area contributed by atoms with Gasteiger partial charge in [-0.05, 0) is 39.0 Å². The van der Waals surface area contributed by atoms with Crippen LogP contribution in [0, 0.1) is 6.92 Å². The minimum atomic E-state index is -0.328. The van der Waals surface area contributed by atoms with Gasteiger partial charge in [0.25, 0.3) is 5.91 Å². The van der Waals surface area contributed by atoms with Crippen LogP contribution in [0.15, 0.2) is 50.8 Å². The van der Waals surface area contributed by atoms with E-state index >= 15 is 0 Å². The molecule has 0 fully saturated rings. The Bertz CT molecular complexity index is 1260. The summed E-state index contributed by atoms with van der Waals surface area (Å²) in [6, 6.07) is 8.87. The second-order valence-corrected chi connectivity index (χ2v) is 8.07. The van der Waals surface area contributed by atoms with Gasteiger partial charge >= 0.3 is 0 Å². The van der Waals surface area contributed by atoms with Gasteiger partial charge in [0.15, 0.2) is 16.5 Å². The van der Waals surface area contributed by atoms with Crippen molar-refractivity contribution >= 4 is 39.3 Å². The Morgan fingerprint density at radius 2 is 2.12 bits per heavy atom. The van der Waals surface area contributed by atoms with Crippen molar-refractivity contribution in [2.24, 2.45) is 0 Å². The number of aromatic nitrogens is 1. The van der Waals surface area contributed by atoms with Crippen LogP contribution >= 0.6 is 11.3 Å². The average Bonchev–Trinajstić information content (AvgIpc) is 3.48. The predicted molar refractivity (Wildman–Crippen MR) is 121 cm³/mol. The molecule has 1 unspecified atom stereocenters. The predicted octanol–water partition coefficient (Wildman–Crippen LogP) is 4.86. The number of aryl methyl sites for hydroxylation is 1. The second-order valence-electron chi connectivity index (χ2n) is 7.21. The van der Waals surface area contributed by atoms with Crippen LogP contribution in [0.5, 0.6) is 5.75 Å². The van der Waals surface area contributed by atoms with Gasteiger partial charge < -0.3 is 18.9 Å². The van der Waals surface area contributed by atoms with Gasteiger partial charge in [0.1, 0.15) is 11.5 Å². The summed E-state index contributed by atoms with van der Waals surface area (Å²) >= 11 is 1.26. The normalized spacial score (nSPS) is 12.0. The lowest BCUT2D eigenvalue weighted by Crippen LogP contribution is -2.28. The van der Waals surface area contributed by atoms with Crippen molar-refractivity contribution < 1.29 is 23.2 Å². The van der Waals surface area contributed by atoms with E-state index in [4.69, 9.17) is 13.6 Å². The molecule has 0 aliphatic rings. The quantitative estimate of drug-likeness (QED) is 0.395. The van der Waals surface area contributed by atoms with Crippen molar-refractivity contribution in [1.29, 1.82) is 0 Å². The maximum Gasteiger partial charge on any atom is 0.260 e. The third-order valence-electron chi connectivity index (χ3n) is 4.85. The molecule has 9 heteroatoms. The van der Waals surface area contributed by atoms with Crippen molar-refractivity contribution in [2.45, 2.75) is 33.2 Å². The summed E-state index contributed by atoms with van der Waals surface area (Å²) in [7, 11) is 0. The van der Waals surface area contributed by atoms with Crippen LogP contribution in [0.1, 0.15) is 47.5 Å². The second kappa shape index (κ2) is 9.27. The lowest BCUT2D eigenvalue weighted by molar-refractivity contribution is -0.121. The highest BCUT2D eigenvalue weighted by Crippen LogP contribution is 2.31. The molecule has 0 saturated heterocycles. The number of carbonyl (C=O) groups is 2. The molecule has 8 nitrogen and oxygen atoms in total. The summed E-state index contributed by atoms with van der Waals surface area (Å²) in [5.74, 6) is 1.36. The molecule has 1 atom stereocenters. The van der Waals surface area contributed by atoms with Gasteiger partial charge in [-0.25, -0.2) is 4.98 Å². The molecule has 166 valence electrons. The molecule has 0 bridgehead atoms. The lowest BCUT2D eigenvalue weighted by Gasteiger charge is -2.10. The number of thiazole rings is 1. The minimum absolute atomic E-state index is 0.0892. The molecular formula is C23H23N3O5S. The zero-order valence-corrected chi connectivity index (χ0v) is 18.7. The Hall–Kier alpha value is -3.59. The number of nitrogens with zero attached hydrogens (tertiary/aromatic N) is 1. The van der Waals surface area contributed by atoms with E-state index in [9.17, 15) is 9.59 Å². The first-order valence-corrected chi connectivity index (χ1v) is 11.1. The first kappa shape index (κ1) is 21.6. The van der Waals surface area contributed by atoms with E-state index in [2.05, 4.69) is 15.6 Å². The molecule has 4 rings (SSSR count). The number of furan rings is 2. The summed E-state index contributed by atoms with van der Waals surface area (Å²) in [6.07, 6.45) is 1.55. The van der Waals surface area contributed by atoms with Crippen LogP contribution < -0.4 is 15.4 Å². The zero-order chi connectivity index (χ0) is 22.7. The van der Waals surface area contributed by atoms with Crippen LogP contribution in [-0.2, 0) is 11.2 Å². The average molecular weight is 454 g/mol. The van der Waals surface area contributed by atoms with Gasteiger partial charge in [-0.15, -0.1) is 11.3 Å². The Labute approximate surface area is 188 Å². The van der Waals surface area contributed by atoms with Crippen molar-refractivity contribution in [3.05, 3.63) is 64.8 Å². The number of rotatable bonds is 8. The summed E-state index contributed by atoms with van der Waals surface area (Å²) in [5, 5.41) is 8.74. The van der Waals surface area contributed by atoms with Crippen LogP contribution in [-0.4, -0.2) is 23.4 Å². The molecule has 1 aromatic carbocycles. The van der Waals surface area contributed by atoms with Gasteiger partial charge in [-0.2, -0.15) is 0 Å². The van der Waals surface area contributed by atoms with E-state index in [1.165, 1.54) is 17.6 Å². The number of para-hydroxylation sites is 1. The summed E-state index contributed by atoms with van der Waals surface area (Å²) in [5.41, 5.74) is 1.69. The maximum absolute atomic E-state index is 12.5. The largest absolute Gasteiger partial charge is 0.490 e. The number of fused-ring (bicyclic) bond motifs is 1. The molecule has 0 radical (unpaired) electrons. The maximum atomic E-state index is 12.5. The number of ether oxygens (including phenoxy) is 1. The van der Waals surface area contributed by atoms with Crippen molar-refractivity contribution in [1.82, 2.24) is 10.3 Å². The highest BCUT2D eigenvalue weighted by atomic mass is 32.1. The molecule has 3 aromatic heterocycles. The van der Waals surface area contributed by atoms with Crippen molar-refractivity contribution in [2.75, 3.05) is 11.9 Å². The molecule has 2 N–H and O–H groups in total. The van der Waals surface area contributed by atoms with Gasteiger partial charge in [-0.3, -0.25) is 14.9 Å². The van der Waals surface area contributed by atoms with E-state index < -0.39 is 0 Å². The monoisotopic (exact) mass is 453 g/mol. The topological polar surface area (TPSA) is 107 Å². The number of benzene rings is 1. The third kappa shape index (κ3) is 4.67. The number of carbonyl (C=O) groups excluding carboxylic acids is 2. The molecule has 3 heterocycles. The van der Waals surface area contributed by atoms with E-state index in [1.807, 2.05) is 38.1 Å². The highest BCUT2D eigenvalue weighted by Gasteiger charge is 2.18. The lowest BCUT2D eigenvalue weighted by atomic mass is 10.2. The Morgan fingerprint density at radius 1 is 1.28 bits per heavy atom. The highest BCUT2D eigenvalue weighted by molar-refractivity contribution is 7.14. The van der Waals surface area contributed by atoms with E-state index in [0.717, 1.165) is 5.39 Å². The number of hydrogen-bond donors (Lipinski definition) is 2. The van der Waals surface area contributed by atoms with Gasteiger partial charge in [0.2, 0.25) is 5.91 Å². The fourth-order valence-corrected chi connectivity index (χ4v) is 4.00. The fraction of sp³-hybridized carbons (Fsp3) is 0.261. The van der Waals surface area contributed by atoms with E-state index in [1.54, 1.807) is 18.4 Å². The minimum Gasteiger partial charge on any atom is -0.490 e. The first-order chi connectivity index (χ1) is 15.4. The van der Waals surface area contributed by atoms with Crippen LogP contribution in [0.4, 0.5) is 5.13 Å². The Balaban J connectivity index is 1.37. The molecule has 32 heavy (non-hydrogen) atoms. The van der Waals surface area contributed by atoms with Crippen molar-refractivity contribution in [3.8, 4) is 5.75 Å². The molecule has 0 saturated carbocycles. The molecular weight excluding hydrogens is 430 g/mol. The SMILES string of the molecule is CCOc1cccc2cc(C(C)NC(=O)Cc3csc(NC(=O)c4ccoc4C)n3)oc12. The first-order valence-electron chi connectivity index (χ1n) is 10.2. The van der Waals surface area contributed by atoms with Gasteiger partial charge in [0, 0.05) is 10.8 Å². The zero-order valence-electron chi connectivity index (χ0n) is 17.9. The van der Waals surface area contributed by atoms with E-state index in [-0.39, 0.29) is 24.3 Å². The molecule has 0 aliphatic heterocycles. The van der Waals surface area contributed by atoms with Crippen LogP contribution in [0.2, 0.25) is 0 Å². The van der Waals surface area contributed by atoms with Gasteiger partial charge in [-0.1, -0.05) is 12.1 Å².